The van der Waals surface area contributed by atoms with Crippen molar-refractivity contribution in [1.29, 1.82) is 0 Å². The normalized spacial score (nSPS) is 11.8. The van der Waals surface area contributed by atoms with Gasteiger partial charge in [-0.3, -0.25) is 19.5 Å². The highest BCUT2D eigenvalue weighted by atomic mass is 35.5. The molecule has 3 aromatic carbocycles. The Morgan fingerprint density at radius 2 is 1.86 bits per heavy atom. The Morgan fingerprint density at radius 3 is 2.57 bits per heavy atom. The molecule has 0 aliphatic rings. The average molecular weight is 508 g/mol. The lowest BCUT2D eigenvalue weighted by molar-refractivity contribution is -0.384. The number of nitrogens with one attached hydrogen (secondary N) is 1. The molecule has 10 heteroatoms. The molecule has 0 bridgehead atoms. The topological polar surface area (TPSA) is 103 Å². The van der Waals surface area contributed by atoms with E-state index >= 15 is 0 Å². The van der Waals surface area contributed by atoms with Crippen molar-refractivity contribution in [2.24, 2.45) is 0 Å². The third-order valence-corrected chi connectivity index (χ3v) is 6.60. The number of thioether (sulfide) groups is 1. The van der Waals surface area contributed by atoms with E-state index in [2.05, 4.69) is 15.5 Å². The fourth-order valence-corrected chi connectivity index (χ4v) is 4.52. The number of aromatic nitrogens is 3. The Labute approximate surface area is 211 Å². The molecule has 0 radical (unpaired) electrons. The van der Waals surface area contributed by atoms with Crippen LogP contribution in [0.15, 0.2) is 71.9 Å². The third kappa shape index (κ3) is 5.52. The van der Waals surface area contributed by atoms with E-state index in [1.807, 2.05) is 54.0 Å². The molecule has 4 aromatic rings. The molecule has 8 nitrogen and oxygen atoms in total. The number of hydrogen-bond donors (Lipinski definition) is 1. The first-order valence-electron chi connectivity index (χ1n) is 10.7. The van der Waals surface area contributed by atoms with Gasteiger partial charge in [-0.25, -0.2) is 0 Å². The highest BCUT2D eigenvalue weighted by molar-refractivity contribution is 8.00. The largest absolute Gasteiger partial charge is 0.325 e. The van der Waals surface area contributed by atoms with E-state index in [4.69, 9.17) is 11.6 Å². The first-order chi connectivity index (χ1) is 16.7. The van der Waals surface area contributed by atoms with Crippen LogP contribution in [0.3, 0.4) is 0 Å². The number of hydrogen-bond acceptors (Lipinski definition) is 6. The van der Waals surface area contributed by atoms with E-state index in [0.717, 1.165) is 22.4 Å². The van der Waals surface area contributed by atoms with Crippen molar-refractivity contribution >= 4 is 40.6 Å². The molecule has 178 valence electrons. The SMILES string of the molecule is Cc1cccc(-c2nnc(S[C@@H](C)C(=O)Nc3cc([N+](=O)[O-])ccc3C)n2-c2cccc(Cl)c2)c1. The van der Waals surface area contributed by atoms with Gasteiger partial charge in [-0.1, -0.05) is 59.3 Å². The molecule has 1 N–H and O–H groups in total. The molecule has 0 saturated heterocycles. The van der Waals surface area contributed by atoms with Gasteiger partial charge in [0, 0.05) is 22.7 Å². The first-order valence-corrected chi connectivity index (χ1v) is 12.0. The lowest BCUT2D eigenvalue weighted by atomic mass is 10.1. The van der Waals surface area contributed by atoms with E-state index < -0.39 is 10.2 Å². The Balaban J connectivity index is 1.66. The monoisotopic (exact) mass is 507 g/mol. The molecule has 1 atom stereocenters. The lowest BCUT2D eigenvalue weighted by Gasteiger charge is -2.15. The average Bonchev–Trinajstić information content (AvgIpc) is 3.23. The molecule has 35 heavy (non-hydrogen) atoms. The van der Waals surface area contributed by atoms with Crippen LogP contribution in [0.4, 0.5) is 11.4 Å². The van der Waals surface area contributed by atoms with Crippen LogP contribution in [0.1, 0.15) is 18.1 Å². The van der Waals surface area contributed by atoms with Gasteiger partial charge in [0.25, 0.3) is 5.69 Å². The molecule has 0 saturated carbocycles. The number of halogens is 1. The fraction of sp³-hybridized carbons (Fsp3) is 0.160. The zero-order chi connectivity index (χ0) is 25.1. The number of nitro benzene ring substituents is 1. The second-order valence-electron chi connectivity index (χ2n) is 8.00. The minimum Gasteiger partial charge on any atom is -0.325 e. The lowest BCUT2D eigenvalue weighted by Crippen LogP contribution is -2.23. The zero-order valence-electron chi connectivity index (χ0n) is 19.2. The third-order valence-electron chi connectivity index (χ3n) is 5.32. The molecule has 1 aromatic heterocycles. The van der Waals surface area contributed by atoms with Crippen molar-refractivity contribution in [2.45, 2.75) is 31.2 Å². The number of anilines is 1. The summed E-state index contributed by atoms with van der Waals surface area (Å²) in [7, 11) is 0. The molecule has 0 unspecified atom stereocenters. The predicted molar refractivity (Wildman–Crippen MR) is 138 cm³/mol. The minimum absolute atomic E-state index is 0.0882. The summed E-state index contributed by atoms with van der Waals surface area (Å²) in [4.78, 5) is 23.6. The fourth-order valence-electron chi connectivity index (χ4n) is 3.47. The van der Waals surface area contributed by atoms with Gasteiger partial charge < -0.3 is 5.32 Å². The molecule has 0 aliphatic carbocycles. The van der Waals surface area contributed by atoms with Crippen molar-refractivity contribution in [3.8, 4) is 17.1 Å². The summed E-state index contributed by atoms with van der Waals surface area (Å²) >= 11 is 7.50. The maximum atomic E-state index is 13.0. The van der Waals surface area contributed by atoms with Crippen molar-refractivity contribution in [3.63, 3.8) is 0 Å². The number of rotatable bonds is 7. The number of aryl methyl sites for hydroxylation is 2. The standard InChI is InChI=1S/C25H22ClN5O3S/c1-15-6-4-7-18(12-15)23-28-29-25(30(23)20-9-5-8-19(26)13-20)35-17(3)24(32)27-22-14-21(31(33)34)11-10-16(22)2/h4-14,17H,1-3H3,(H,27,32)/t17-/m0/s1. The summed E-state index contributed by atoms with van der Waals surface area (Å²) in [6.45, 7) is 5.53. The number of nitrogens with zero attached hydrogens (tertiary/aromatic N) is 4. The molecular weight excluding hydrogens is 486 g/mol. The molecule has 1 heterocycles. The molecule has 0 fully saturated rings. The first kappa shape index (κ1) is 24.4. The van der Waals surface area contributed by atoms with Crippen LogP contribution in [0.5, 0.6) is 0 Å². The van der Waals surface area contributed by atoms with Crippen LogP contribution in [0.25, 0.3) is 17.1 Å². The van der Waals surface area contributed by atoms with Gasteiger partial charge in [0.15, 0.2) is 11.0 Å². The van der Waals surface area contributed by atoms with E-state index in [1.165, 1.54) is 23.9 Å². The molecule has 0 spiro atoms. The van der Waals surface area contributed by atoms with Gasteiger partial charge >= 0.3 is 0 Å². The highest BCUT2D eigenvalue weighted by Gasteiger charge is 2.23. The van der Waals surface area contributed by atoms with Crippen LogP contribution in [0.2, 0.25) is 5.02 Å². The van der Waals surface area contributed by atoms with Crippen LogP contribution >= 0.6 is 23.4 Å². The Hall–Kier alpha value is -3.69. The maximum absolute atomic E-state index is 13.0. The summed E-state index contributed by atoms with van der Waals surface area (Å²) < 4.78 is 1.87. The minimum atomic E-state index is -0.568. The van der Waals surface area contributed by atoms with Gasteiger partial charge in [0.2, 0.25) is 5.91 Å². The van der Waals surface area contributed by atoms with Gasteiger partial charge in [0.05, 0.1) is 21.5 Å². The van der Waals surface area contributed by atoms with Crippen LogP contribution in [-0.2, 0) is 4.79 Å². The Kier molecular flexibility index (Phi) is 7.18. The van der Waals surface area contributed by atoms with Gasteiger partial charge in [-0.2, -0.15) is 0 Å². The maximum Gasteiger partial charge on any atom is 0.271 e. The second-order valence-corrected chi connectivity index (χ2v) is 9.74. The number of benzene rings is 3. The van der Waals surface area contributed by atoms with E-state index in [1.54, 1.807) is 26.0 Å². The second kappa shape index (κ2) is 10.3. The number of amides is 1. The van der Waals surface area contributed by atoms with Crippen LogP contribution in [-0.4, -0.2) is 30.8 Å². The van der Waals surface area contributed by atoms with Gasteiger partial charge in [0.1, 0.15) is 0 Å². The summed E-state index contributed by atoms with van der Waals surface area (Å²) in [5.74, 6) is 0.317. The van der Waals surface area contributed by atoms with Crippen molar-refractivity contribution in [3.05, 3.63) is 93.0 Å². The quantitative estimate of drug-likeness (QED) is 0.180. The van der Waals surface area contributed by atoms with Gasteiger partial charge in [-0.15, -0.1) is 10.2 Å². The van der Waals surface area contributed by atoms with E-state index in [9.17, 15) is 14.9 Å². The molecule has 0 aliphatic heterocycles. The molecule has 4 rings (SSSR count). The summed E-state index contributed by atoms with van der Waals surface area (Å²) in [6.07, 6.45) is 0. The zero-order valence-corrected chi connectivity index (χ0v) is 20.8. The van der Waals surface area contributed by atoms with Crippen LogP contribution < -0.4 is 5.32 Å². The van der Waals surface area contributed by atoms with Crippen LogP contribution in [0, 0.1) is 24.0 Å². The highest BCUT2D eigenvalue weighted by Crippen LogP contribution is 2.32. The Bertz CT molecular complexity index is 1420. The molecule has 1 amide bonds. The number of non-ortho nitro benzene ring substituents is 1. The molecular formula is C25H22ClN5O3S. The predicted octanol–water partition coefficient (Wildman–Crippen LogP) is 6.23. The summed E-state index contributed by atoms with van der Waals surface area (Å²) in [5, 5.41) is 23.2. The van der Waals surface area contributed by atoms with E-state index in [-0.39, 0.29) is 11.6 Å². The van der Waals surface area contributed by atoms with E-state index in [0.29, 0.717) is 21.7 Å². The Morgan fingerprint density at radius 1 is 1.09 bits per heavy atom. The number of nitro groups is 1. The van der Waals surface area contributed by atoms with Gasteiger partial charge in [-0.05, 0) is 50.6 Å². The van der Waals surface area contributed by atoms with Crippen molar-refractivity contribution in [2.75, 3.05) is 5.32 Å². The smallest absolute Gasteiger partial charge is 0.271 e. The summed E-state index contributed by atoms with van der Waals surface area (Å²) in [6, 6.07) is 19.6. The number of carbonyl (C=O) groups excluding carboxylic acids is 1. The number of carbonyl (C=O) groups is 1. The van der Waals surface area contributed by atoms with Crippen molar-refractivity contribution < 1.29 is 9.72 Å². The summed E-state index contributed by atoms with van der Waals surface area (Å²) in [5.41, 5.74) is 3.77. The van der Waals surface area contributed by atoms with Crippen molar-refractivity contribution in [1.82, 2.24) is 14.8 Å².